The maximum Gasteiger partial charge on any atom is 0.0782 e. The lowest BCUT2D eigenvalue weighted by atomic mass is 9.99. The second-order valence-electron chi connectivity index (χ2n) is 12.5. The van der Waals surface area contributed by atoms with Gasteiger partial charge in [0.05, 0.1) is 28.1 Å². The van der Waals surface area contributed by atoms with Crippen molar-refractivity contribution < 1.29 is 0 Å². The first-order valence-corrected chi connectivity index (χ1v) is 17.5. The molecule has 2 heterocycles. The second kappa shape index (κ2) is 11.2. The van der Waals surface area contributed by atoms with Crippen LogP contribution in [-0.4, -0.2) is 4.57 Å². The van der Waals surface area contributed by atoms with Gasteiger partial charge in [0.15, 0.2) is 0 Å². The maximum absolute atomic E-state index is 2.50. The monoisotopic (exact) mass is 642 g/mol. The fourth-order valence-corrected chi connectivity index (χ4v) is 8.90. The van der Waals surface area contributed by atoms with E-state index in [-0.39, 0.29) is 0 Å². The van der Waals surface area contributed by atoms with Crippen LogP contribution in [0.3, 0.4) is 0 Å². The van der Waals surface area contributed by atoms with Crippen molar-refractivity contribution in [3.63, 3.8) is 0 Å². The van der Waals surface area contributed by atoms with Gasteiger partial charge < -0.3 is 9.47 Å². The summed E-state index contributed by atoms with van der Waals surface area (Å²) in [7, 11) is 0. The molecule has 0 aliphatic rings. The number of rotatable bonds is 5. The lowest BCUT2D eigenvalue weighted by Gasteiger charge is -2.30. The minimum Gasteiger partial charge on any atom is -0.307 e. The van der Waals surface area contributed by atoms with Crippen molar-refractivity contribution >= 4 is 81.1 Å². The van der Waals surface area contributed by atoms with Gasteiger partial charge in [0, 0.05) is 53.0 Å². The molecule has 0 aliphatic carbocycles. The van der Waals surface area contributed by atoms with Crippen molar-refractivity contribution in [1.82, 2.24) is 4.57 Å². The summed E-state index contributed by atoms with van der Waals surface area (Å²) < 4.78 is 5.08. The minimum absolute atomic E-state index is 1.13. The average molecular weight is 643 g/mol. The van der Waals surface area contributed by atoms with Crippen LogP contribution in [0.5, 0.6) is 0 Å². The second-order valence-corrected chi connectivity index (χ2v) is 13.5. The molecule has 0 spiro atoms. The summed E-state index contributed by atoms with van der Waals surface area (Å²) >= 11 is 1.89. The summed E-state index contributed by atoms with van der Waals surface area (Å²) in [5.74, 6) is 0. The average Bonchev–Trinajstić information content (AvgIpc) is 3.73. The Morgan fingerprint density at radius 2 is 0.980 bits per heavy atom. The van der Waals surface area contributed by atoms with E-state index < -0.39 is 0 Å². The number of para-hydroxylation sites is 4. The van der Waals surface area contributed by atoms with Gasteiger partial charge in [-0.25, -0.2) is 0 Å². The van der Waals surface area contributed by atoms with E-state index in [1.807, 2.05) is 11.3 Å². The third-order valence-corrected chi connectivity index (χ3v) is 11.0. The molecule has 0 atom stereocenters. The van der Waals surface area contributed by atoms with Gasteiger partial charge >= 0.3 is 0 Å². The molecule has 0 radical (unpaired) electrons. The Labute approximate surface area is 288 Å². The summed E-state index contributed by atoms with van der Waals surface area (Å²) in [6, 6.07) is 66.1. The van der Waals surface area contributed by atoms with Gasteiger partial charge in [0.2, 0.25) is 0 Å². The van der Waals surface area contributed by atoms with Gasteiger partial charge in [-0.3, -0.25) is 0 Å². The molecule has 3 heteroatoms. The third-order valence-electron chi connectivity index (χ3n) is 9.78. The molecule has 10 rings (SSSR count). The van der Waals surface area contributed by atoms with Crippen molar-refractivity contribution in [2.75, 3.05) is 4.90 Å². The summed E-state index contributed by atoms with van der Waals surface area (Å²) in [5, 5.41) is 7.60. The molecule has 8 aromatic carbocycles. The van der Waals surface area contributed by atoms with Gasteiger partial charge in [-0.15, -0.1) is 11.3 Å². The zero-order valence-electron chi connectivity index (χ0n) is 26.6. The van der Waals surface area contributed by atoms with Crippen LogP contribution in [0, 0.1) is 0 Å². The van der Waals surface area contributed by atoms with Crippen LogP contribution in [0.4, 0.5) is 17.1 Å². The van der Waals surface area contributed by atoms with Crippen molar-refractivity contribution in [1.29, 1.82) is 0 Å². The highest BCUT2D eigenvalue weighted by molar-refractivity contribution is 7.26. The molecule has 0 aliphatic heterocycles. The Hall–Kier alpha value is -6.16. The summed E-state index contributed by atoms with van der Waals surface area (Å²) in [6.07, 6.45) is 0. The Kier molecular flexibility index (Phi) is 6.39. The number of nitrogens with zero attached hydrogens (tertiary/aromatic N) is 2. The predicted octanol–water partition coefficient (Wildman–Crippen LogP) is 13.4. The fourth-order valence-electron chi connectivity index (χ4n) is 7.66. The number of thiophene rings is 1. The van der Waals surface area contributed by atoms with Crippen molar-refractivity contribution in [2.24, 2.45) is 0 Å². The van der Waals surface area contributed by atoms with Crippen molar-refractivity contribution in [3.05, 3.63) is 182 Å². The number of aromatic nitrogens is 1. The van der Waals surface area contributed by atoms with E-state index in [9.17, 15) is 0 Å². The van der Waals surface area contributed by atoms with E-state index >= 15 is 0 Å². The van der Waals surface area contributed by atoms with Crippen LogP contribution in [0.25, 0.3) is 69.6 Å². The molecular weight excluding hydrogens is 613 g/mol. The lowest BCUT2D eigenvalue weighted by Crippen LogP contribution is -2.13. The van der Waals surface area contributed by atoms with E-state index in [4.69, 9.17) is 0 Å². The lowest BCUT2D eigenvalue weighted by molar-refractivity contribution is 1.17. The zero-order valence-corrected chi connectivity index (χ0v) is 27.4. The number of benzene rings is 8. The quantitative estimate of drug-likeness (QED) is 0.181. The van der Waals surface area contributed by atoms with Crippen LogP contribution >= 0.6 is 11.3 Å². The van der Waals surface area contributed by atoms with Gasteiger partial charge in [-0.2, -0.15) is 0 Å². The van der Waals surface area contributed by atoms with Crippen LogP contribution in [0.2, 0.25) is 0 Å². The SMILES string of the molecule is c1ccc(-c2ccccc2N(c2cccc3c2ccc2c4ccccc4sc32)c2cccc3c4ccccc4n(-c4ccccc4)c23)cc1. The van der Waals surface area contributed by atoms with Crippen LogP contribution in [0.15, 0.2) is 182 Å². The minimum atomic E-state index is 1.13. The molecular formula is C46H30N2S. The van der Waals surface area contributed by atoms with E-state index in [1.165, 1.54) is 63.9 Å². The Morgan fingerprint density at radius 1 is 0.388 bits per heavy atom. The van der Waals surface area contributed by atoms with Gasteiger partial charge in [-0.1, -0.05) is 140 Å². The molecule has 0 unspecified atom stereocenters. The van der Waals surface area contributed by atoms with Gasteiger partial charge in [0.25, 0.3) is 0 Å². The van der Waals surface area contributed by atoms with Crippen molar-refractivity contribution in [3.8, 4) is 16.8 Å². The summed E-state index contributed by atoms with van der Waals surface area (Å²) in [4.78, 5) is 2.50. The highest BCUT2D eigenvalue weighted by atomic mass is 32.1. The van der Waals surface area contributed by atoms with E-state index in [1.54, 1.807) is 0 Å². The molecule has 0 amide bonds. The van der Waals surface area contributed by atoms with E-state index in [0.29, 0.717) is 0 Å². The number of anilines is 3. The highest BCUT2D eigenvalue weighted by Gasteiger charge is 2.25. The zero-order chi connectivity index (χ0) is 32.3. The smallest absolute Gasteiger partial charge is 0.0782 e. The van der Waals surface area contributed by atoms with Crippen LogP contribution in [-0.2, 0) is 0 Å². The van der Waals surface area contributed by atoms with Gasteiger partial charge in [-0.05, 0) is 48.0 Å². The first kappa shape index (κ1) is 27.9. The molecule has 10 aromatic rings. The normalized spacial score (nSPS) is 11.7. The molecule has 0 saturated carbocycles. The predicted molar refractivity (Wildman–Crippen MR) is 211 cm³/mol. The summed E-state index contributed by atoms with van der Waals surface area (Å²) in [5.41, 5.74) is 9.29. The van der Waals surface area contributed by atoms with Crippen molar-refractivity contribution in [2.45, 2.75) is 0 Å². The molecule has 0 N–H and O–H groups in total. The number of fused-ring (bicyclic) bond motifs is 8. The molecule has 2 aromatic heterocycles. The first-order chi connectivity index (χ1) is 24.3. The van der Waals surface area contributed by atoms with Crippen LogP contribution < -0.4 is 4.90 Å². The first-order valence-electron chi connectivity index (χ1n) is 16.7. The van der Waals surface area contributed by atoms with Crippen LogP contribution in [0.1, 0.15) is 0 Å². The largest absolute Gasteiger partial charge is 0.307 e. The van der Waals surface area contributed by atoms with E-state index in [0.717, 1.165) is 22.7 Å². The maximum atomic E-state index is 2.50. The van der Waals surface area contributed by atoms with Gasteiger partial charge in [0.1, 0.15) is 0 Å². The Balaban J connectivity index is 1.35. The molecule has 0 fully saturated rings. The highest BCUT2D eigenvalue weighted by Crippen LogP contribution is 2.49. The Bertz CT molecular complexity index is 2830. The number of hydrogen-bond acceptors (Lipinski definition) is 2. The standard InChI is InChI=1S/C46H30N2S/c1-3-15-31(16-4-1)33-19-7-10-24-40(33)48(42-26-14-23-38-35(42)29-30-39-36-21-9-12-28-44(36)49-46(38)39)43-27-13-22-37-34-20-8-11-25-41(34)47(45(37)43)32-17-5-2-6-18-32/h1-30H. The Morgan fingerprint density at radius 3 is 1.84 bits per heavy atom. The molecule has 0 saturated heterocycles. The molecule has 230 valence electrons. The molecule has 0 bridgehead atoms. The number of hydrogen-bond donors (Lipinski definition) is 0. The molecule has 2 nitrogen and oxygen atoms in total. The third kappa shape index (κ3) is 4.33. The molecule has 49 heavy (non-hydrogen) atoms. The van der Waals surface area contributed by atoms with E-state index in [2.05, 4.69) is 191 Å². The fraction of sp³-hybridized carbons (Fsp3) is 0. The summed E-state index contributed by atoms with van der Waals surface area (Å²) in [6.45, 7) is 0. The topological polar surface area (TPSA) is 8.17 Å².